The molecule has 5 heterocycles. The Morgan fingerprint density at radius 3 is 0.843 bits per heavy atom. The molecule has 0 spiro atoms. The third kappa shape index (κ3) is 10.2. The molecule has 0 atom stereocenters. The van der Waals surface area contributed by atoms with Gasteiger partial charge in [-0.2, -0.15) is 0 Å². The van der Waals surface area contributed by atoms with Gasteiger partial charge < -0.3 is 0 Å². The number of nitrogens with zero attached hydrogens (tertiary/aromatic N) is 5. The van der Waals surface area contributed by atoms with Crippen molar-refractivity contribution in [3.8, 4) is 17.1 Å². The van der Waals surface area contributed by atoms with E-state index in [2.05, 4.69) is 0 Å². The van der Waals surface area contributed by atoms with Gasteiger partial charge in [0.2, 0.25) is 0 Å². The second-order valence-corrected chi connectivity index (χ2v) is 47.4. The van der Waals surface area contributed by atoms with Crippen molar-refractivity contribution in [3.05, 3.63) is 312 Å². The van der Waals surface area contributed by atoms with Crippen molar-refractivity contribution in [1.29, 1.82) is 0 Å². The molecule has 18 rings (SSSR count). The van der Waals surface area contributed by atoms with E-state index >= 15 is 0 Å². The minimum atomic E-state index is -9.10. The van der Waals surface area contributed by atoms with E-state index in [0.717, 1.165) is 23.5 Å². The van der Waals surface area contributed by atoms with E-state index in [4.69, 9.17) is 0 Å². The molecule has 6 heteroatoms. The molecule has 0 aliphatic carbocycles. The third-order valence-corrected chi connectivity index (χ3v) is 39.0. The summed E-state index contributed by atoms with van der Waals surface area (Å²) in [6, 6.07) is -18.1. The SMILES string of the molecule is [2H]c1c([2H])c([2H])c(N2c3c([2H])c(-n4c5c([2H])c([2H])c(C(C)(C)C)c([2H])c5c5c([2H])c(C(C)(C)C)c([2H])c([2H])c54)c([2H])c([2H])[c]3[Sb]3([c]4ccccc4)([c]4ccccc4)[c]4c([2H])c([2H])c(-n5c6c([2H])c([2H])c(C(C)(C)C)c([2H])c6c6c([2H])c(C(C)(C)C)c([2H])c([2H])c65)c([2H])c4N(c4c([2H])c([2H])c([2H])c([2H])c4[2H])c4c([2H])c(-n5c6c([2H])c(C(C)(C)C)c([2H])c([2H])c6c6c([2H])c([2H])c(C(C)(C)C)c([2H])c65)c([2H])c2[c]43)c([2H])c1[2H]. The molecule has 538 valence electrons. The van der Waals surface area contributed by atoms with Crippen LogP contribution < -0.4 is 27.3 Å². The van der Waals surface area contributed by atoms with Crippen LogP contribution in [0.2, 0.25) is 0 Å². The van der Waals surface area contributed by atoms with Crippen molar-refractivity contribution in [2.24, 2.45) is 0 Å². The Morgan fingerprint density at radius 2 is 0.528 bits per heavy atom. The summed E-state index contributed by atoms with van der Waals surface area (Å²) in [4.78, 5) is 1.56. The second-order valence-electron chi connectivity index (χ2n) is 34.2. The first-order chi connectivity index (χ1) is 66.4. The van der Waals surface area contributed by atoms with Gasteiger partial charge in [0.1, 0.15) is 0 Å². The maximum absolute atomic E-state index is 12.4. The first kappa shape index (κ1) is 40.2. The minimum absolute atomic E-state index is 0.0738. The molecule has 5 nitrogen and oxygen atoms in total. The van der Waals surface area contributed by atoms with E-state index in [1.807, 2.05) is 0 Å². The topological polar surface area (TPSA) is 21.3 Å². The van der Waals surface area contributed by atoms with Gasteiger partial charge in [0.05, 0.1) is 0 Å². The summed E-state index contributed by atoms with van der Waals surface area (Å²) in [5.74, 6) is 0. The Bertz CT molecular complexity index is 7930. The van der Waals surface area contributed by atoms with Gasteiger partial charge in [0.15, 0.2) is 0 Å². The molecule has 0 N–H and O–H groups in total. The fraction of sp³-hybridized carbons (Fsp3) is 0.235. The Balaban J connectivity index is 1.28. The van der Waals surface area contributed by atoms with Crippen molar-refractivity contribution >= 4 is 134 Å². The predicted molar refractivity (Wildman–Crippen MR) is 468 cm³/mol. The molecule has 2 aliphatic heterocycles. The van der Waals surface area contributed by atoms with Crippen molar-refractivity contribution in [2.75, 3.05) is 9.80 Å². The predicted octanol–water partition coefficient (Wildman–Crippen LogP) is 24.6. The third-order valence-electron chi connectivity index (χ3n) is 20.7. The van der Waals surface area contributed by atoms with E-state index in [9.17, 15) is 49.3 Å². The van der Waals surface area contributed by atoms with Gasteiger partial charge in [0.25, 0.3) is 0 Å². The van der Waals surface area contributed by atoms with Crippen molar-refractivity contribution in [3.63, 3.8) is 0 Å². The van der Waals surface area contributed by atoms with E-state index in [-0.39, 0.29) is 61.9 Å². The van der Waals surface area contributed by atoms with Crippen LogP contribution in [0.15, 0.2) is 278 Å². The average molecular weight is 1550 g/mol. The van der Waals surface area contributed by atoms with Crippen LogP contribution >= 0.6 is 0 Å². The summed E-state index contributed by atoms with van der Waals surface area (Å²) in [6.07, 6.45) is 0. The number of hydrogen-bond acceptors (Lipinski definition) is 2. The zero-order valence-electron chi connectivity index (χ0n) is 99.5. The summed E-state index contributed by atoms with van der Waals surface area (Å²) in [7, 11) is 0. The molecular formula is C102H100N5Sb. The average Bonchev–Trinajstić information content (AvgIpc) is 0.633. The molecule has 2 aliphatic rings. The standard InChI is InChI=1S/C90H90N5.2C6H5.Sb/c1-85(2,3)58-37-43-79-75(47-58)76-48-59(86(4,5)6)38-44-80(76)93(79)68-33-25-31-66(53-68)91(64-27-21-19-22-28-64)70-55-71(57-72(56-70)95-83-51-62(89(13,14)15)35-41-73(83)74-42-36-63(52-84(74)95)90(16,17)18)92(65-29-23-20-24-30-65)67-32-26-34-69(54-67)94-81-45-39-60(87(7,8)9)49-77(81)78-50-61(88(10,11)12)40-46-82(78)94;2*1-2-4-6-5-3-1;/h19-30,33-54,56-57H,1-18H3;2*1-5H;/i19D,20D,21D,22D,23D,24D,25D,26D,27D,28D,29D,30D,33D,34D,35D,36D,37D,38D,39D,40D,41D,42D,43D,44D,45D,46D,47D,48D,49D,50D,51D,52D,53D,54D,56D,57D;;;. The van der Waals surface area contributed by atoms with Crippen molar-refractivity contribution in [1.82, 2.24) is 13.7 Å². The van der Waals surface area contributed by atoms with E-state index in [0.29, 0.717) is 0 Å². The van der Waals surface area contributed by atoms with Crippen LogP contribution in [0, 0.1) is 0 Å². The number of fused-ring (bicyclic) bond motifs is 13. The zero-order valence-corrected chi connectivity index (χ0v) is 66.0. The normalized spacial score (nSPS) is 19.6. The first-order valence-electron chi connectivity index (χ1n) is 54.0. The van der Waals surface area contributed by atoms with Gasteiger partial charge in [-0.05, 0) is 0 Å². The molecule has 108 heavy (non-hydrogen) atoms. The molecule has 3 aromatic heterocycles. The molecule has 0 radical (unpaired) electrons. The number of anilines is 6. The van der Waals surface area contributed by atoms with E-state index in [1.54, 1.807) is 125 Å². The van der Waals surface area contributed by atoms with Crippen LogP contribution in [0.3, 0.4) is 0 Å². The first-order valence-corrected chi connectivity index (χ1v) is 42.4. The fourth-order valence-corrected chi connectivity index (χ4v) is 34.9. The van der Waals surface area contributed by atoms with Crippen LogP contribution in [0.4, 0.5) is 34.1 Å². The quantitative estimate of drug-likeness (QED) is 0.148. The summed E-state index contributed by atoms with van der Waals surface area (Å²) < 4.78 is 386. The van der Waals surface area contributed by atoms with Gasteiger partial charge in [-0.1, -0.05) is 0 Å². The molecule has 0 saturated heterocycles. The molecule has 16 aromatic rings. The number of benzene rings is 13. The van der Waals surface area contributed by atoms with Gasteiger partial charge in [-0.25, -0.2) is 0 Å². The van der Waals surface area contributed by atoms with Gasteiger partial charge in [-0.3, -0.25) is 0 Å². The molecule has 0 saturated carbocycles. The Morgan fingerprint density at radius 1 is 0.241 bits per heavy atom. The molecular weight excluding hydrogens is 1420 g/mol. The summed E-state index contributed by atoms with van der Waals surface area (Å²) in [6.45, 7) is 29.7. The maximum atomic E-state index is 12.4. The van der Waals surface area contributed by atoms with E-state index < -0.39 is 373 Å². The monoisotopic (exact) mass is 1550 g/mol. The molecule has 13 aromatic carbocycles. The number of hydrogen-bond donors (Lipinski definition) is 0. The van der Waals surface area contributed by atoms with Crippen LogP contribution in [0.5, 0.6) is 0 Å². The molecule has 0 fully saturated rings. The number of aromatic nitrogens is 3. The Hall–Kier alpha value is -10.3. The summed E-state index contributed by atoms with van der Waals surface area (Å²) >= 11 is -9.10. The van der Waals surface area contributed by atoms with Crippen molar-refractivity contribution < 1.29 is 49.3 Å². The van der Waals surface area contributed by atoms with Crippen molar-refractivity contribution in [2.45, 2.75) is 157 Å². The Kier molecular flexibility index (Phi) is 8.88. The van der Waals surface area contributed by atoms with Gasteiger partial charge >= 0.3 is 693 Å². The summed E-state index contributed by atoms with van der Waals surface area (Å²) in [5, 5.41) is -2.39. The molecule has 0 bridgehead atoms. The number of para-hydroxylation sites is 2. The number of rotatable bonds is 7. The van der Waals surface area contributed by atoms with Gasteiger partial charge in [-0.15, -0.1) is 0 Å². The van der Waals surface area contributed by atoms with Crippen LogP contribution in [-0.2, 0) is 32.5 Å². The van der Waals surface area contributed by atoms with E-state index in [1.165, 1.54) is 60.7 Å². The molecule has 0 unspecified atom stereocenters. The molecule has 0 amide bonds. The Labute approximate surface area is 690 Å². The van der Waals surface area contributed by atoms with Crippen LogP contribution in [0.1, 0.15) is 207 Å². The zero-order chi connectivity index (χ0) is 107. The second kappa shape index (κ2) is 23.8. The fourth-order valence-electron chi connectivity index (χ4n) is 15.1. The van der Waals surface area contributed by atoms with Crippen LogP contribution in [-0.4, -0.2) is 31.1 Å². The van der Waals surface area contributed by atoms with Crippen LogP contribution in [0.25, 0.3) is 82.5 Å². The van der Waals surface area contributed by atoms with Gasteiger partial charge in [0, 0.05) is 0 Å². The summed E-state index contributed by atoms with van der Waals surface area (Å²) in [5.41, 5.74) is -20.8.